The normalized spacial score (nSPS) is 14.6. The zero-order chi connectivity index (χ0) is 15.5. The van der Waals surface area contributed by atoms with Gasteiger partial charge < -0.3 is 15.2 Å². The van der Waals surface area contributed by atoms with Crippen molar-refractivity contribution in [3.63, 3.8) is 0 Å². The molecule has 1 atom stereocenters. The van der Waals surface area contributed by atoms with E-state index < -0.39 is 5.60 Å². The van der Waals surface area contributed by atoms with Gasteiger partial charge >= 0.3 is 0 Å². The fourth-order valence-corrected chi connectivity index (χ4v) is 2.04. The lowest BCUT2D eigenvalue weighted by atomic mass is 10.0. The van der Waals surface area contributed by atoms with Gasteiger partial charge in [0, 0.05) is 39.1 Å². The number of methoxy groups -OCH3 is 1. The molecule has 0 amide bonds. The van der Waals surface area contributed by atoms with Gasteiger partial charge in [0.2, 0.25) is 0 Å². The van der Waals surface area contributed by atoms with E-state index in [1.807, 2.05) is 16.8 Å². The highest BCUT2D eigenvalue weighted by Gasteiger charge is 2.20. The number of rotatable bonds is 7. The molecule has 1 unspecified atom stereocenters. The number of nitrogens with one attached hydrogen (secondary N) is 1. The molecule has 0 aromatic carbocycles. The highest BCUT2D eigenvalue weighted by atomic mass is 16.5. The predicted molar refractivity (Wildman–Crippen MR) is 82.7 cm³/mol. The van der Waals surface area contributed by atoms with Crippen LogP contribution in [0.2, 0.25) is 0 Å². The van der Waals surface area contributed by atoms with E-state index in [0.29, 0.717) is 25.5 Å². The highest BCUT2D eigenvalue weighted by Crippen LogP contribution is 2.20. The first kappa shape index (κ1) is 15.7. The van der Waals surface area contributed by atoms with Gasteiger partial charge in [-0.05, 0) is 18.9 Å². The summed E-state index contributed by atoms with van der Waals surface area (Å²) in [4.78, 5) is 4.35. The summed E-state index contributed by atoms with van der Waals surface area (Å²) in [6.07, 6.45) is 4.10. The van der Waals surface area contributed by atoms with E-state index in [2.05, 4.69) is 29.2 Å². The lowest BCUT2D eigenvalue weighted by Crippen LogP contribution is -2.35. The fraction of sp³-hybridized carbons (Fsp3) is 0.600. The first-order valence-corrected chi connectivity index (χ1v) is 7.22. The quantitative estimate of drug-likeness (QED) is 0.817. The molecule has 2 aromatic rings. The summed E-state index contributed by atoms with van der Waals surface area (Å²) < 4.78 is 6.83. The van der Waals surface area contributed by atoms with Gasteiger partial charge in [-0.15, -0.1) is 0 Å². The lowest BCUT2D eigenvalue weighted by Gasteiger charge is -2.23. The number of hydrogen-bond donors (Lipinski definition) is 2. The third kappa shape index (κ3) is 3.92. The Hall–Kier alpha value is -1.66. The van der Waals surface area contributed by atoms with Crippen LogP contribution in [0.25, 0.3) is 5.52 Å². The molecule has 0 fully saturated rings. The molecule has 116 valence electrons. The molecule has 0 saturated heterocycles. The summed E-state index contributed by atoms with van der Waals surface area (Å²) in [6.45, 7) is 6.94. The predicted octanol–water partition coefficient (Wildman–Crippen LogP) is 2.05. The van der Waals surface area contributed by atoms with Gasteiger partial charge in [-0.25, -0.2) is 9.50 Å². The van der Waals surface area contributed by atoms with Crippen LogP contribution in [-0.2, 0) is 4.74 Å². The van der Waals surface area contributed by atoms with Crippen molar-refractivity contribution in [3.8, 4) is 0 Å². The van der Waals surface area contributed by atoms with Crippen molar-refractivity contribution in [2.24, 2.45) is 0 Å². The van der Waals surface area contributed by atoms with Crippen molar-refractivity contribution < 1.29 is 9.84 Å². The average Bonchev–Trinajstić information content (AvgIpc) is 2.88. The van der Waals surface area contributed by atoms with Crippen molar-refractivity contribution >= 4 is 11.3 Å². The van der Waals surface area contributed by atoms with Crippen LogP contribution < -0.4 is 5.32 Å². The third-order valence-corrected chi connectivity index (χ3v) is 3.48. The van der Waals surface area contributed by atoms with Crippen molar-refractivity contribution in [2.75, 3.05) is 25.6 Å². The van der Waals surface area contributed by atoms with E-state index in [1.54, 1.807) is 20.2 Å². The maximum Gasteiger partial charge on any atom is 0.152 e. The Kier molecular flexibility index (Phi) is 4.80. The third-order valence-electron chi connectivity index (χ3n) is 3.48. The number of fused-ring (bicyclic) bond motifs is 1. The Morgan fingerprint density at radius 3 is 2.90 bits per heavy atom. The van der Waals surface area contributed by atoms with Crippen LogP contribution in [0.5, 0.6) is 0 Å². The molecular formula is C15H24N4O2. The standard InChI is InChI=1S/C15H24N4O2/c1-11(2)12-9-13-14(16-6-7-19(13)18-12)17-10-15(3,20)5-8-21-4/h6-7,9,11,20H,5,8,10H2,1-4H3,(H,16,17). The molecule has 6 heteroatoms. The summed E-state index contributed by atoms with van der Waals surface area (Å²) in [5, 5.41) is 18.0. The van der Waals surface area contributed by atoms with Crippen molar-refractivity contribution in [2.45, 2.75) is 38.7 Å². The van der Waals surface area contributed by atoms with Crippen LogP contribution in [0.1, 0.15) is 38.8 Å². The summed E-state index contributed by atoms with van der Waals surface area (Å²) in [5.41, 5.74) is 1.10. The molecule has 2 N–H and O–H groups in total. The van der Waals surface area contributed by atoms with Gasteiger partial charge in [0.15, 0.2) is 5.82 Å². The second kappa shape index (κ2) is 6.41. The number of nitrogens with zero attached hydrogens (tertiary/aromatic N) is 3. The van der Waals surface area contributed by atoms with Gasteiger partial charge in [-0.2, -0.15) is 5.10 Å². The van der Waals surface area contributed by atoms with Gasteiger partial charge in [0.25, 0.3) is 0 Å². The van der Waals surface area contributed by atoms with Crippen LogP contribution in [0.15, 0.2) is 18.5 Å². The number of ether oxygens (including phenoxy) is 1. The Bertz CT molecular complexity index is 592. The molecular weight excluding hydrogens is 268 g/mol. The van der Waals surface area contributed by atoms with E-state index in [1.165, 1.54) is 0 Å². The van der Waals surface area contributed by atoms with Gasteiger partial charge in [0.05, 0.1) is 11.3 Å². The molecule has 2 heterocycles. The van der Waals surface area contributed by atoms with Crippen molar-refractivity contribution in [3.05, 3.63) is 24.2 Å². The van der Waals surface area contributed by atoms with Crippen molar-refractivity contribution in [1.29, 1.82) is 0 Å². The van der Waals surface area contributed by atoms with Crippen LogP contribution in [0.3, 0.4) is 0 Å². The van der Waals surface area contributed by atoms with E-state index >= 15 is 0 Å². The molecule has 0 bridgehead atoms. The van der Waals surface area contributed by atoms with E-state index in [9.17, 15) is 5.11 Å². The van der Waals surface area contributed by atoms with Crippen LogP contribution in [0.4, 0.5) is 5.82 Å². The second-order valence-corrected chi connectivity index (χ2v) is 5.92. The van der Waals surface area contributed by atoms with Gasteiger partial charge in [0.1, 0.15) is 5.52 Å². The molecule has 0 aliphatic rings. The molecule has 0 aliphatic carbocycles. The smallest absolute Gasteiger partial charge is 0.152 e. The van der Waals surface area contributed by atoms with E-state index in [-0.39, 0.29) is 0 Å². The largest absolute Gasteiger partial charge is 0.388 e. The fourth-order valence-electron chi connectivity index (χ4n) is 2.04. The van der Waals surface area contributed by atoms with Crippen molar-refractivity contribution in [1.82, 2.24) is 14.6 Å². The molecule has 21 heavy (non-hydrogen) atoms. The number of hydrogen-bond acceptors (Lipinski definition) is 5. The lowest BCUT2D eigenvalue weighted by molar-refractivity contribution is 0.0357. The zero-order valence-electron chi connectivity index (χ0n) is 13.1. The summed E-state index contributed by atoms with van der Waals surface area (Å²) in [6, 6.07) is 2.03. The average molecular weight is 292 g/mol. The molecule has 2 rings (SSSR count). The molecule has 0 spiro atoms. The minimum absolute atomic E-state index is 0.363. The van der Waals surface area contributed by atoms with Crippen LogP contribution in [-0.4, -0.2) is 45.6 Å². The molecule has 2 aromatic heterocycles. The maximum atomic E-state index is 10.3. The topological polar surface area (TPSA) is 71.7 Å². The van der Waals surface area contributed by atoms with E-state index in [4.69, 9.17) is 4.74 Å². The zero-order valence-corrected chi connectivity index (χ0v) is 13.1. The highest BCUT2D eigenvalue weighted by molar-refractivity contribution is 5.68. The summed E-state index contributed by atoms with van der Waals surface area (Å²) >= 11 is 0. The monoisotopic (exact) mass is 292 g/mol. The second-order valence-electron chi connectivity index (χ2n) is 5.92. The Morgan fingerprint density at radius 1 is 1.48 bits per heavy atom. The minimum atomic E-state index is -0.842. The SMILES string of the molecule is COCCC(C)(O)CNc1nccn2nc(C(C)C)cc12. The summed E-state index contributed by atoms with van der Waals surface area (Å²) in [7, 11) is 1.63. The molecule has 0 aliphatic heterocycles. The molecule has 0 radical (unpaired) electrons. The summed E-state index contributed by atoms with van der Waals surface area (Å²) in [5.74, 6) is 1.09. The number of aliphatic hydroxyl groups is 1. The number of aromatic nitrogens is 3. The first-order valence-electron chi connectivity index (χ1n) is 7.22. The van der Waals surface area contributed by atoms with E-state index in [0.717, 1.165) is 17.0 Å². The van der Waals surface area contributed by atoms with Gasteiger partial charge in [-0.3, -0.25) is 0 Å². The van der Waals surface area contributed by atoms with Gasteiger partial charge in [-0.1, -0.05) is 13.8 Å². The Balaban J connectivity index is 2.15. The first-order chi connectivity index (χ1) is 9.93. The maximum absolute atomic E-state index is 10.3. The molecule has 6 nitrogen and oxygen atoms in total. The Morgan fingerprint density at radius 2 is 2.24 bits per heavy atom. The van der Waals surface area contributed by atoms with Crippen LogP contribution in [0, 0.1) is 0 Å². The Labute approximate surface area is 125 Å². The van der Waals surface area contributed by atoms with Crippen LogP contribution >= 0.6 is 0 Å². The minimum Gasteiger partial charge on any atom is -0.388 e. The molecule has 0 saturated carbocycles. The number of anilines is 1.